The zero-order chi connectivity index (χ0) is 5.41. The van der Waals surface area contributed by atoms with Crippen LogP contribution in [0, 0.1) is 0 Å². The lowest BCUT2D eigenvalue weighted by Gasteiger charge is -1.41. The van der Waals surface area contributed by atoms with Crippen molar-refractivity contribution in [3.05, 3.63) is 12.8 Å². The standard InChI is InChI=1S/C2H4O.CH3NO/c1-2-3;2-1-3/h2-3H,1H2;1H,(H2,2,3). The predicted octanol–water partition coefficient (Wildman–Crippen LogP) is -0.211. The Morgan fingerprint density at radius 3 is 1.83 bits per heavy atom. The summed E-state index contributed by atoms with van der Waals surface area (Å²) in [4.78, 5) is 8.58. The van der Waals surface area contributed by atoms with Crippen molar-refractivity contribution in [2.45, 2.75) is 0 Å². The Morgan fingerprint density at radius 2 is 1.83 bits per heavy atom. The molecule has 0 saturated carbocycles. The van der Waals surface area contributed by atoms with E-state index in [9.17, 15) is 0 Å². The smallest absolute Gasteiger partial charge is 0.204 e. The maximum atomic E-state index is 8.58. The molecule has 3 heteroatoms. The highest BCUT2D eigenvalue weighted by atomic mass is 16.2. The van der Waals surface area contributed by atoms with Crippen LogP contribution >= 0.6 is 0 Å². The van der Waals surface area contributed by atoms with E-state index in [1.54, 1.807) is 0 Å². The molecule has 0 fully saturated rings. The average Bonchev–Trinajstić information content (AvgIpc) is 1.39. The van der Waals surface area contributed by atoms with Gasteiger partial charge in [0.25, 0.3) is 0 Å². The summed E-state index contributed by atoms with van der Waals surface area (Å²) in [6, 6.07) is 0. The van der Waals surface area contributed by atoms with Crippen LogP contribution in [0.2, 0.25) is 0 Å². The van der Waals surface area contributed by atoms with E-state index in [1.807, 2.05) is 0 Å². The molecule has 0 atom stereocenters. The number of nitrogens with two attached hydrogens (primary N) is 1. The van der Waals surface area contributed by atoms with Crippen molar-refractivity contribution in [3.63, 3.8) is 0 Å². The molecule has 0 spiro atoms. The highest BCUT2D eigenvalue weighted by Gasteiger charge is 1.19. The first-order valence-electron chi connectivity index (χ1n) is 1.24. The lowest BCUT2D eigenvalue weighted by molar-refractivity contribution is -0.106. The number of amides is 1. The summed E-state index contributed by atoms with van der Waals surface area (Å²) < 4.78 is 0. The Balaban J connectivity index is 0. The minimum atomic E-state index is 0.250. The molecule has 0 heterocycles. The van der Waals surface area contributed by atoms with E-state index in [0.717, 1.165) is 6.26 Å². The molecule has 6 heavy (non-hydrogen) atoms. The van der Waals surface area contributed by atoms with Gasteiger partial charge in [0.15, 0.2) is 0 Å². The lowest BCUT2D eigenvalue weighted by Crippen LogP contribution is -1.82. The minimum Gasteiger partial charge on any atom is -0.516 e. The largest absolute Gasteiger partial charge is 0.516 e. The van der Waals surface area contributed by atoms with Gasteiger partial charge in [-0.05, 0) is 0 Å². The topological polar surface area (TPSA) is 63.3 Å². The third-order valence-electron chi connectivity index (χ3n) is 0. The predicted molar refractivity (Wildman–Crippen MR) is 23.1 cm³/mol. The molecule has 3 N–H and O–H groups in total. The number of carbonyl (C=O) groups is 1. The van der Waals surface area contributed by atoms with E-state index in [1.165, 1.54) is 0 Å². The van der Waals surface area contributed by atoms with Gasteiger partial charge in [-0.15, -0.1) is 0 Å². The van der Waals surface area contributed by atoms with Crippen LogP contribution in [0.5, 0.6) is 0 Å². The van der Waals surface area contributed by atoms with Gasteiger partial charge >= 0.3 is 0 Å². The molecule has 36 valence electrons. The van der Waals surface area contributed by atoms with Crippen LogP contribution in [-0.4, -0.2) is 11.5 Å². The van der Waals surface area contributed by atoms with Crippen molar-refractivity contribution < 1.29 is 9.90 Å². The van der Waals surface area contributed by atoms with Gasteiger partial charge in [-0.25, -0.2) is 0 Å². The summed E-state index contributed by atoms with van der Waals surface area (Å²) in [5, 5.41) is 7.33. The Hall–Kier alpha value is -0.990. The molecule has 1 amide bonds. The van der Waals surface area contributed by atoms with E-state index >= 15 is 0 Å². The number of hydrogen-bond donors (Lipinski definition) is 2. The van der Waals surface area contributed by atoms with Crippen LogP contribution < -0.4 is 5.73 Å². The van der Waals surface area contributed by atoms with E-state index < -0.39 is 0 Å². The molecule has 0 aromatic heterocycles. The molecule has 0 bridgehead atoms. The summed E-state index contributed by atoms with van der Waals surface area (Å²) in [6.07, 6.45) is 1.00. The number of aliphatic hydroxyl groups is 1. The monoisotopic (exact) mass is 89.0 g/mol. The second-order valence-electron chi connectivity index (χ2n) is 0.319. The third kappa shape index (κ3) is 12.4. The number of hydrogen-bond acceptors (Lipinski definition) is 2. The number of rotatable bonds is 0. The van der Waals surface area contributed by atoms with Crippen molar-refractivity contribution >= 4 is 6.41 Å². The van der Waals surface area contributed by atoms with Gasteiger partial charge in [-0.2, -0.15) is 0 Å². The summed E-state index contributed by atoms with van der Waals surface area (Å²) >= 11 is 0. The van der Waals surface area contributed by atoms with Gasteiger partial charge in [0.1, 0.15) is 0 Å². The molecule has 0 aliphatic heterocycles. The SMILES string of the molecule is C=CO.NC=O. The van der Waals surface area contributed by atoms with Crippen molar-refractivity contribution in [1.29, 1.82) is 0 Å². The van der Waals surface area contributed by atoms with Gasteiger partial charge < -0.3 is 10.8 Å². The first-order chi connectivity index (χ1) is 2.83. The van der Waals surface area contributed by atoms with Gasteiger partial charge in [-0.1, -0.05) is 6.58 Å². The van der Waals surface area contributed by atoms with Crippen LogP contribution in [0.3, 0.4) is 0 Å². The Kier molecular flexibility index (Phi) is 52.8. The highest BCUT2D eigenvalue weighted by molar-refractivity contribution is 5.42. The summed E-state index contributed by atoms with van der Waals surface area (Å²) in [6.45, 7) is 2.92. The number of primary amides is 1. The summed E-state index contributed by atoms with van der Waals surface area (Å²) in [7, 11) is 0. The summed E-state index contributed by atoms with van der Waals surface area (Å²) in [5.41, 5.74) is 4.17. The van der Waals surface area contributed by atoms with Gasteiger partial charge in [0, 0.05) is 0 Å². The first-order valence-corrected chi connectivity index (χ1v) is 1.24. The van der Waals surface area contributed by atoms with Crippen LogP contribution in [0.1, 0.15) is 0 Å². The Morgan fingerprint density at radius 1 is 1.83 bits per heavy atom. The van der Waals surface area contributed by atoms with Gasteiger partial charge in [0.2, 0.25) is 6.41 Å². The van der Waals surface area contributed by atoms with E-state index in [2.05, 4.69) is 12.3 Å². The molecule has 3 nitrogen and oxygen atoms in total. The molecule has 0 unspecified atom stereocenters. The molecule has 0 aromatic rings. The van der Waals surface area contributed by atoms with Crippen molar-refractivity contribution in [2.24, 2.45) is 5.73 Å². The quantitative estimate of drug-likeness (QED) is 0.318. The molecule has 0 radical (unpaired) electrons. The Labute approximate surface area is 36.1 Å². The molecular formula is C3H7NO2. The second-order valence-corrected chi connectivity index (χ2v) is 0.319. The van der Waals surface area contributed by atoms with Crippen molar-refractivity contribution in [1.82, 2.24) is 0 Å². The van der Waals surface area contributed by atoms with Crippen molar-refractivity contribution in [2.75, 3.05) is 0 Å². The van der Waals surface area contributed by atoms with Crippen LogP contribution in [0.4, 0.5) is 0 Å². The first kappa shape index (κ1) is 8.89. The Bertz CT molecular complexity index is 29.8. The number of aliphatic hydroxyl groups excluding tert-OH is 1. The second kappa shape index (κ2) is 35.6. The van der Waals surface area contributed by atoms with E-state index in [0.29, 0.717) is 0 Å². The van der Waals surface area contributed by atoms with Crippen LogP contribution in [0.15, 0.2) is 12.8 Å². The maximum Gasteiger partial charge on any atom is 0.204 e. The van der Waals surface area contributed by atoms with E-state index in [-0.39, 0.29) is 6.41 Å². The highest BCUT2D eigenvalue weighted by Crippen LogP contribution is 1.26. The normalized spacial score (nSPS) is 4.00. The maximum absolute atomic E-state index is 8.58. The fraction of sp³-hybridized carbons (Fsp3) is 0. The van der Waals surface area contributed by atoms with E-state index in [4.69, 9.17) is 9.90 Å². The molecular weight excluding hydrogens is 82.0 g/mol. The molecule has 0 rings (SSSR count). The fourth-order valence-corrected chi connectivity index (χ4v) is 0. The lowest BCUT2D eigenvalue weighted by atomic mass is 11.2. The van der Waals surface area contributed by atoms with Gasteiger partial charge in [0.05, 0.1) is 6.26 Å². The zero-order valence-corrected chi connectivity index (χ0v) is 3.29. The molecule has 0 saturated heterocycles. The van der Waals surface area contributed by atoms with Crippen molar-refractivity contribution in [3.8, 4) is 0 Å². The van der Waals surface area contributed by atoms with Crippen LogP contribution in [0.25, 0.3) is 0 Å². The van der Waals surface area contributed by atoms with Gasteiger partial charge in [-0.3, -0.25) is 4.79 Å². The molecule has 0 aliphatic rings. The summed E-state index contributed by atoms with van der Waals surface area (Å²) in [5.74, 6) is 0. The molecule has 0 aromatic carbocycles. The fourth-order valence-electron chi connectivity index (χ4n) is 0. The minimum absolute atomic E-state index is 0.250. The molecule has 0 aliphatic carbocycles. The number of carbonyl (C=O) groups excluding carboxylic acids is 1. The average molecular weight is 89.1 g/mol. The third-order valence-corrected chi connectivity index (χ3v) is 0. The van der Waals surface area contributed by atoms with Crippen LogP contribution in [-0.2, 0) is 4.79 Å². The zero-order valence-electron chi connectivity index (χ0n) is 3.29.